The van der Waals surface area contributed by atoms with Crippen LogP contribution in [0, 0.1) is 0 Å². The molecule has 8 heteroatoms. The molecule has 20 heavy (non-hydrogen) atoms. The fraction of sp³-hybridized carbons (Fsp3) is 0.667. The minimum Gasteiger partial charge on any atom is -0.388 e. The molecule has 1 aromatic heterocycles. The highest BCUT2D eigenvalue weighted by molar-refractivity contribution is 5.76. The molecular formula is C12H18F3N3O2. The van der Waals surface area contributed by atoms with Gasteiger partial charge < -0.3 is 10.4 Å². The summed E-state index contributed by atoms with van der Waals surface area (Å²) in [6.45, 7) is 5.95. The van der Waals surface area contributed by atoms with Gasteiger partial charge in [0.2, 0.25) is 5.91 Å². The average molecular weight is 293 g/mol. The Morgan fingerprint density at radius 2 is 1.90 bits per heavy atom. The number of carbonyl (C=O) groups excluding carboxylic acids is 1. The number of halogens is 3. The molecule has 1 amide bonds. The molecule has 2 N–H and O–H groups in total. The third-order valence-electron chi connectivity index (χ3n) is 3.22. The van der Waals surface area contributed by atoms with Crippen molar-refractivity contribution in [3.05, 3.63) is 18.0 Å². The van der Waals surface area contributed by atoms with Gasteiger partial charge >= 0.3 is 6.18 Å². The van der Waals surface area contributed by atoms with E-state index >= 15 is 0 Å². The summed E-state index contributed by atoms with van der Waals surface area (Å²) in [5.41, 5.74) is -3.15. The predicted octanol–water partition coefficient (Wildman–Crippen LogP) is 1.57. The van der Waals surface area contributed by atoms with Gasteiger partial charge in [0.1, 0.15) is 6.54 Å². The summed E-state index contributed by atoms with van der Waals surface area (Å²) in [7, 11) is 0. The topological polar surface area (TPSA) is 67.2 Å². The van der Waals surface area contributed by atoms with Gasteiger partial charge in [-0.25, -0.2) is 0 Å². The molecule has 0 bridgehead atoms. The van der Waals surface area contributed by atoms with Crippen LogP contribution in [-0.2, 0) is 17.5 Å². The van der Waals surface area contributed by atoms with Crippen LogP contribution in [0.15, 0.2) is 12.3 Å². The lowest BCUT2D eigenvalue weighted by atomic mass is 9.86. The second-order valence-electron chi connectivity index (χ2n) is 5.63. The van der Waals surface area contributed by atoms with E-state index < -0.39 is 28.9 Å². The van der Waals surface area contributed by atoms with Crippen molar-refractivity contribution in [1.82, 2.24) is 15.1 Å². The fourth-order valence-corrected chi connectivity index (χ4v) is 1.29. The lowest BCUT2D eigenvalue weighted by molar-refractivity contribution is -0.141. The standard InChI is InChI=1S/C12H18F3N3O2/c1-10(2,11(3,4)20)16-9(19)7-18-6-5-8(17-18)12(13,14)15/h5-6,20H,7H2,1-4H3,(H,16,19). The Labute approximate surface area is 114 Å². The lowest BCUT2D eigenvalue weighted by Gasteiger charge is -2.37. The average Bonchev–Trinajstić information content (AvgIpc) is 2.62. The van der Waals surface area contributed by atoms with E-state index in [9.17, 15) is 23.1 Å². The highest BCUT2D eigenvalue weighted by atomic mass is 19.4. The number of hydrogen-bond acceptors (Lipinski definition) is 3. The van der Waals surface area contributed by atoms with Crippen LogP contribution < -0.4 is 5.32 Å². The maximum absolute atomic E-state index is 12.4. The summed E-state index contributed by atoms with van der Waals surface area (Å²) in [5, 5.41) is 15.7. The Hall–Kier alpha value is -1.57. The zero-order chi connectivity index (χ0) is 15.8. The van der Waals surface area contributed by atoms with Crippen molar-refractivity contribution in [1.29, 1.82) is 0 Å². The van der Waals surface area contributed by atoms with Gasteiger partial charge in [0.05, 0.1) is 11.1 Å². The van der Waals surface area contributed by atoms with Crippen molar-refractivity contribution in [3.63, 3.8) is 0 Å². The van der Waals surface area contributed by atoms with Crippen molar-refractivity contribution < 1.29 is 23.1 Å². The number of hydrogen-bond donors (Lipinski definition) is 2. The Morgan fingerprint density at radius 3 is 2.30 bits per heavy atom. The third kappa shape index (κ3) is 3.96. The molecule has 0 saturated heterocycles. The van der Waals surface area contributed by atoms with Gasteiger partial charge in [-0.15, -0.1) is 0 Å². The molecule has 1 rings (SSSR count). The number of amides is 1. The second kappa shape index (κ2) is 5.08. The Bertz CT molecular complexity index is 487. The van der Waals surface area contributed by atoms with Crippen LogP contribution in [0.4, 0.5) is 13.2 Å². The first-order valence-electron chi connectivity index (χ1n) is 5.97. The van der Waals surface area contributed by atoms with Crippen LogP contribution in [0.1, 0.15) is 33.4 Å². The van der Waals surface area contributed by atoms with Gasteiger partial charge in [0.25, 0.3) is 0 Å². The van der Waals surface area contributed by atoms with Crippen LogP contribution in [0.25, 0.3) is 0 Å². The molecule has 1 aromatic rings. The van der Waals surface area contributed by atoms with E-state index in [0.717, 1.165) is 16.9 Å². The van der Waals surface area contributed by atoms with Crippen molar-refractivity contribution >= 4 is 5.91 Å². The maximum Gasteiger partial charge on any atom is 0.435 e. The quantitative estimate of drug-likeness (QED) is 0.885. The van der Waals surface area contributed by atoms with Crippen LogP contribution in [-0.4, -0.2) is 31.9 Å². The van der Waals surface area contributed by atoms with Crippen LogP contribution >= 0.6 is 0 Å². The second-order valence-corrected chi connectivity index (χ2v) is 5.63. The first-order valence-corrected chi connectivity index (χ1v) is 5.97. The summed E-state index contributed by atoms with van der Waals surface area (Å²) < 4.78 is 38.0. The molecular weight excluding hydrogens is 275 g/mol. The third-order valence-corrected chi connectivity index (χ3v) is 3.22. The zero-order valence-electron chi connectivity index (χ0n) is 11.7. The smallest absolute Gasteiger partial charge is 0.388 e. The number of alkyl halides is 3. The van der Waals surface area contributed by atoms with Crippen molar-refractivity contribution in [2.45, 2.75) is 51.6 Å². The van der Waals surface area contributed by atoms with E-state index in [1.807, 2.05) is 0 Å². The number of carbonyl (C=O) groups is 1. The van der Waals surface area contributed by atoms with Gasteiger partial charge in [-0.05, 0) is 33.8 Å². The van der Waals surface area contributed by atoms with Gasteiger partial charge in [-0.1, -0.05) is 0 Å². The number of aromatic nitrogens is 2. The first-order chi connectivity index (χ1) is 8.83. The maximum atomic E-state index is 12.4. The SMILES string of the molecule is CC(C)(O)C(C)(C)NC(=O)Cn1ccc(C(F)(F)F)n1. The van der Waals surface area contributed by atoms with Crippen LogP contribution in [0.2, 0.25) is 0 Å². The molecule has 0 aromatic carbocycles. The molecule has 0 aliphatic carbocycles. The van der Waals surface area contributed by atoms with E-state index in [4.69, 9.17) is 0 Å². The largest absolute Gasteiger partial charge is 0.435 e. The number of nitrogens with one attached hydrogen (secondary N) is 1. The molecule has 0 unspecified atom stereocenters. The molecule has 1 heterocycles. The molecule has 0 aliphatic heterocycles. The van der Waals surface area contributed by atoms with Crippen molar-refractivity contribution in [3.8, 4) is 0 Å². The Morgan fingerprint density at radius 1 is 1.35 bits per heavy atom. The molecule has 0 fully saturated rings. The minimum atomic E-state index is -4.53. The van der Waals surface area contributed by atoms with Crippen LogP contribution in [0.3, 0.4) is 0 Å². The van der Waals surface area contributed by atoms with Crippen molar-refractivity contribution in [2.75, 3.05) is 0 Å². The highest BCUT2D eigenvalue weighted by Crippen LogP contribution is 2.27. The van der Waals surface area contributed by atoms with Gasteiger partial charge in [0.15, 0.2) is 5.69 Å². The summed E-state index contributed by atoms with van der Waals surface area (Å²) in [5.74, 6) is -0.533. The number of aliphatic hydroxyl groups is 1. The van der Waals surface area contributed by atoms with Gasteiger partial charge in [-0.2, -0.15) is 18.3 Å². The number of rotatable bonds is 4. The summed E-state index contributed by atoms with van der Waals surface area (Å²) in [4.78, 5) is 11.8. The molecule has 0 atom stereocenters. The fourth-order valence-electron chi connectivity index (χ4n) is 1.29. The lowest BCUT2D eigenvalue weighted by Crippen LogP contribution is -2.58. The monoisotopic (exact) mass is 293 g/mol. The van der Waals surface area contributed by atoms with E-state index in [1.165, 1.54) is 13.8 Å². The van der Waals surface area contributed by atoms with Crippen LogP contribution in [0.5, 0.6) is 0 Å². The molecule has 114 valence electrons. The summed E-state index contributed by atoms with van der Waals surface area (Å²) in [6, 6.07) is 0.800. The predicted molar refractivity (Wildman–Crippen MR) is 65.7 cm³/mol. The summed E-state index contributed by atoms with van der Waals surface area (Å²) in [6.07, 6.45) is -3.45. The normalized spacial score (nSPS) is 13.4. The van der Waals surface area contributed by atoms with E-state index in [2.05, 4.69) is 10.4 Å². The number of nitrogens with zero attached hydrogens (tertiary/aromatic N) is 2. The zero-order valence-corrected chi connectivity index (χ0v) is 11.7. The summed E-state index contributed by atoms with van der Waals surface area (Å²) >= 11 is 0. The van der Waals surface area contributed by atoms with Crippen molar-refractivity contribution in [2.24, 2.45) is 0 Å². The van der Waals surface area contributed by atoms with E-state index in [-0.39, 0.29) is 6.54 Å². The molecule has 0 spiro atoms. The molecule has 0 radical (unpaired) electrons. The Kier molecular flexibility index (Phi) is 4.19. The molecule has 5 nitrogen and oxygen atoms in total. The minimum absolute atomic E-state index is 0.352. The first kappa shape index (κ1) is 16.5. The van der Waals surface area contributed by atoms with Gasteiger partial charge in [0, 0.05) is 6.20 Å². The van der Waals surface area contributed by atoms with Gasteiger partial charge in [-0.3, -0.25) is 9.48 Å². The molecule has 0 saturated carbocycles. The highest BCUT2D eigenvalue weighted by Gasteiger charge is 2.37. The Balaban J connectivity index is 2.71. The van der Waals surface area contributed by atoms with E-state index in [1.54, 1.807) is 13.8 Å². The molecule has 0 aliphatic rings. The van der Waals surface area contributed by atoms with E-state index in [0.29, 0.717) is 0 Å².